The Labute approximate surface area is 114 Å². The predicted molar refractivity (Wildman–Crippen MR) is 81.2 cm³/mol. The second-order valence-corrected chi connectivity index (χ2v) is 5.98. The van der Waals surface area contributed by atoms with Gasteiger partial charge in [0.25, 0.3) is 0 Å². The Bertz CT molecular complexity index is 436. The number of aryl methyl sites for hydroxylation is 1. The van der Waals surface area contributed by atoms with Crippen LogP contribution in [-0.4, -0.2) is 16.5 Å². The Kier molecular flexibility index (Phi) is 4.33. The lowest BCUT2D eigenvalue weighted by Crippen LogP contribution is -2.42. The average molecular weight is 262 g/mol. The van der Waals surface area contributed by atoms with Crippen molar-refractivity contribution >= 4 is 16.9 Å². The number of hydrogen-bond donors (Lipinski definition) is 1. The molecule has 0 atom stereocenters. The van der Waals surface area contributed by atoms with Gasteiger partial charge in [-0.1, -0.05) is 55.4 Å². The normalized spacial score (nSPS) is 20.1. The molecule has 0 radical (unpaired) electrons. The lowest BCUT2D eigenvalue weighted by Gasteiger charge is -2.25. The number of rotatable bonds is 4. The van der Waals surface area contributed by atoms with E-state index in [-0.39, 0.29) is 5.54 Å². The summed E-state index contributed by atoms with van der Waals surface area (Å²) in [6.07, 6.45) is 2.33. The van der Waals surface area contributed by atoms with Crippen LogP contribution in [0.15, 0.2) is 29.3 Å². The molecule has 18 heavy (non-hydrogen) atoms. The number of hydrogen-bond acceptors (Lipinski definition) is 2. The van der Waals surface area contributed by atoms with Crippen molar-refractivity contribution in [3.63, 3.8) is 0 Å². The first kappa shape index (κ1) is 13.5. The van der Waals surface area contributed by atoms with Gasteiger partial charge in [0.2, 0.25) is 0 Å². The summed E-state index contributed by atoms with van der Waals surface area (Å²) in [4.78, 5) is 4.69. The summed E-state index contributed by atoms with van der Waals surface area (Å²) < 4.78 is 0. The van der Waals surface area contributed by atoms with Crippen LogP contribution in [0.4, 0.5) is 0 Å². The average Bonchev–Trinajstić information content (AvgIpc) is 2.81. The summed E-state index contributed by atoms with van der Waals surface area (Å²) in [5.41, 5.74) is 2.86. The second-order valence-electron chi connectivity index (χ2n) is 5.01. The molecule has 0 amide bonds. The quantitative estimate of drug-likeness (QED) is 0.893. The zero-order chi connectivity index (χ0) is 13.0. The number of amidine groups is 1. The minimum Gasteiger partial charge on any atom is -0.359 e. The van der Waals surface area contributed by atoms with Crippen LogP contribution in [0.3, 0.4) is 0 Å². The van der Waals surface area contributed by atoms with Crippen LogP contribution in [0.5, 0.6) is 0 Å². The molecule has 0 bridgehead atoms. The third-order valence-corrected chi connectivity index (χ3v) is 4.90. The van der Waals surface area contributed by atoms with Crippen molar-refractivity contribution in [3.05, 3.63) is 35.4 Å². The topological polar surface area (TPSA) is 24.4 Å². The molecule has 2 nitrogen and oxygen atoms in total. The van der Waals surface area contributed by atoms with Crippen molar-refractivity contribution < 1.29 is 0 Å². The molecule has 1 aromatic carbocycles. The number of aliphatic imine (C=N–C) groups is 1. The number of thioether (sulfide) groups is 1. The van der Waals surface area contributed by atoms with Gasteiger partial charge in [-0.05, 0) is 25.3 Å². The smallest absolute Gasteiger partial charge is 0.157 e. The predicted octanol–water partition coefficient (Wildman–Crippen LogP) is 3.75. The van der Waals surface area contributed by atoms with Gasteiger partial charge in [0.15, 0.2) is 5.17 Å². The Morgan fingerprint density at radius 3 is 2.72 bits per heavy atom. The number of nitrogens with one attached hydrogen (secondary N) is 1. The zero-order valence-corrected chi connectivity index (χ0v) is 12.3. The number of nitrogens with zero attached hydrogens (tertiary/aromatic N) is 1. The highest BCUT2D eigenvalue weighted by molar-refractivity contribution is 8.14. The van der Waals surface area contributed by atoms with Crippen LogP contribution in [0, 0.1) is 6.92 Å². The molecule has 1 aliphatic rings. The monoisotopic (exact) mass is 262 g/mol. The van der Waals surface area contributed by atoms with Crippen molar-refractivity contribution in [1.82, 2.24) is 5.32 Å². The summed E-state index contributed by atoms with van der Waals surface area (Å²) in [6.45, 7) is 7.40. The molecule has 98 valence electrons. The summed E-state index contributed by atoms with van der Waals surface area (Å²) >= 11 is 1.86. The van der Waals surface area contributed by atoms with E-state index in [2.05, 4.69) is 50.4 Å². The molecule has 0 unspecified atom stereocenters. The van der Waals surface area contributed by atoms with E-state index >= 15 is 0 Å². The van der Waals surface area contributed by atoms with Gasteiger partial charge in [0, 0.05) is 11.3 Å². The van der Waals surface area contributed by atoms with Gasteiger partial charge < -0.3 is 5.32 Å². The highest BCUT2D eigenvalue weighted by atomic mass is 32.2. The molecule has 1 heterocycles. The maximum atomic E-state index is 4.69. The molecule has 1 N–H and O–H groups in total. The van der Waals surface area contributed by atoms with Crippen LogP contribution in [0.1, 0.15) is 37.8 Å². The lowest BCUT2D eigenvalue weighted by molar-refractivity contribution is 0.407. The summed E-state index contributed by atoms with van der Waals surface area (Å²) in [5, 5.41) is 4.71. The van der Waals surface area contributed by atoms with Crippen molar-refractivity contribution in [2.45, 2.75) is 45.7 Å². The molecule has 1 aliphatic heterocycles. The van der Waals surface area contributed by atoms with E-state index in [1.165, 1.54) is 24.0 Å². The fraction of sp³-hybridized carbons (Fsp3) is 0.533. The summed E-state index contributed by atoms with van der Waals surface area (Å²) in [7, 11) is 0. The summed E-state index contributed by atoms with van der Waals surface area (Å²) in [6, 6.07) is 8.57. The molecule has 0 saturated carbocycles. The molecular weight excluding hydrogens is 240 g/mol. The fourth-order valence-corrected chi connectivity index (χ4v) is 3.53. The first-order chi connectivity index (χ1) is 8.67. The minimum absolute atomic E-state index is 0.274. The fourth-order valence-electron chi connectivity index (χ4n) is 2.20. The van der Waals surface area contributed by atoms with Gasteiger partial charge in [-0.15, -0.1) is 0 Å². The van der Waals surface area contributed by atoms with Gasteiger partial charge in [-0.25, -0.2) is 0 Å². The highest BCUT2D eigenvalue weighted by Crippen LogP contribution is 2.29. The Balaban J connectivity index is 1.99. The molecule has 0 spiro atoms. The molecule has 3 heteroatoms. The molecule has 0 aromatic heterocycles. The Morgan fingerprint density at radius 1 is 1.33 bits per heavy atom. The highest BCUT2D eigenvalue weighted by Gasteiger charge is 2.33. The van der Waals surface area contributed by atoms with E-state index < -0.39 is 0 Å². The van der Waals surface area contributed by atoms with Gasteiger partial charge >= 0.3 is 0 Å². The maximum Gasteiger partial charge on any atom is 0.157 e. The molecule has 1 aromatic rings. The van der Waals surface area contributed by atoms with Crippen molar-refractivity contribution in [2.24, 2.45) is 4.99 Å². The van der Waals surface area contributed by atoms with E-state index in [9.17, 15) is 0 Å². The first-order valence-electron chi connectivity index (χ1n) is 6.68. The minimum atomic E-state index is 0.274. The maximum absolute atomic E-state index is 4.69. The van der Waals surface area contributed by atoms with E-state index in [1.807, 2.05) is 11.8 Å². The first-order valence-corrected chi connectivity index (χ1v) is 7.67. The van der Waals surface area contributed by atoms with Crippen LogP contribution >= 0.6 is 11.8 Å². The lowest BCUT2D eigenvalue weighted by atomic mass is 9.96. The van der Waals surface area contributed by atoms with Gasteiger partial charge in [0.1, 0.15) is 0 Å². The van der Waals surface area contributed by atoms with Crippen molar-refractivity contribution in [3.8, 4) is 0 Å². The van der Waals surface area contributed by atoms with Crippen LogP contribution in [-0.2, 0) is 6.54 Å². The molecule has 2 rings (SSSR count). The molecule has 0 aliphatic carbocycles. The SMILES string of the molecule is CCC1(CC)CSC(=NCc2cccc(C)c2)N1. The second kappa shape index (κ2) is 5.79. The van der Waals surface area contributed by atoms with E-state index in [4.69, 9.17) is 4.99 Å². The third kappa shape index (κ3) is 3.08. The Hall–Kier alpha value is -0.960. The molecule has 1 saturated heterocycles. The van der Waals surface area contributed by atoms with Gasteiger partial charge in [-0.2, -0.15) is 0 Å². The number of benzene rings is 1. The van der Waals surface area contributed by atoms with Crippen LogP contribution in [0.25, 0.3) is 0 Å². The Morgan fingerprint density at radius 2 is 2.11 bits per heavy atom. The molecular formula is C15H22N2S. The van der Waals surface area contributed by atoms with Gasteiger partial charge in [0.05, 0.1) is 6.54 Å². The third-order valence-electron chi connectivity index (χ3n) is 3.70. The largest absolute Gasteiger partial charge is 0.359 e. The van der Waals surface area contributed by atoms with Crippen LogP contribution in [0.2, 0.25) is 0 Å². The van der Waals surface area contributed by atoms with Gasteiger partial charge in [-0.3, -0.25) is 4.99 Å². The van der Waals surface area contributed by atoms with Crippen molar-refractivity contribution in [1.29, 1.82) is 0 Å². The van der Waals surface area contributed by atoms with Crippen LogP contribution < -0.4 is 5.32 Å². The zero-order valence-electron chi connectivity index (χ0n) is 11.5. The van der Waals surface area contributed by atoms with E-state index in [0.29, 0.717) is 0 Å². The van der Waals surface area contributed by atoms with Crippen molar-refractivity contribution in [2.75, 3.05) is 5.75 Å². The van der Waals surface area contributed by atoms with E-state index in [0.717, 1.165) is 17.5 Å². The summed E-state index contributed by atoms with van der Waals surface area (Å²) in [5.74, 6) is 1.15. The molecule has 1 fully saturated rings. The van der Waals surface area contributed by atoms with E-state index in [1.54, 1.807) is 0 Å². The standard InChI is InChI=1S/C15H22N2S/c1-4-15(5-2)11-18-14(17-15)16-10-13-8-6-7-12(3)9-13/h6-9H,4-5,10-11H2,1-3H3,(H,16,17).